The molecule has 5 nitrogen and oxygen atoms in total. The molecular formula is C26H23ClF3NO4S. The fraction of sp³-hybridized carbons (Fsp3) is 0.269. The minimum atomic E-state index is -4.53. The van der Waals surface area contributed by atoms with Gasteiger partial charge < -0.3 is 10.1 Å². The van der Waals surface area contributed by atoms with E-state index < -0.39 is 27.7 Å². The van der Waals surface area contributed by atoms with Crippen LogP contribution < -0.4 is 10.1 Å². The van der Waals surface area contributed by atoms with Gasteiger partial charge in [0.2, 0.25) is 0 Å². The number of hydrogen-bond donors (Lipinski definition) is 1. The van der Waals surface area contributed by atoms with E-state index in [2.05, 4.69) is 5.32 Å². The Morgan fingerprint density at radius 3 is 2.47 bits per heavy atom. The third kappa shape index (κ3) is 5.84. The van der Waals surface area contributed by atoms with Crippen molar-refractivity contribution < 1.29 is 31.1 Å². The highest BCUT2D eigenvalue weighted by molar-refractivity contribution is 7.91. The summed E-state index contributed by atoms with van der Waals surface area (Å²) < 4.78 is 70.0. The van der Waals surface area contributed by atoms with E-state index in [1.54, 1.807) is 37.3 Å². The minimum absolute atomic E-state index is 0.00747. The lowest BCUT2D eigenvalue weighted by Crippen LogP contribution is -2.22. The SMILES string of the molecule is CCS(=O)(=O)c1ccc(CNC(=O)c2ccc3c(c2)OC(Cc2ccc(Cl)cc2C(F)(F)F)C3)cc1. The van der Waals surface area contributed by atoms with Gasteiger partial charge in [0.15, 0.2) is 9.84 Å². The van der Waals surface area contributed by atoms with Crippen molar-refractivity contribution in [3.8, 4) is 5.75 Å². The molecule has 1 heterocycles. The molecule has 1 atom stereocenters. The van der Waals surface area contributed by atoms with Gasteiger partial charge in [-0.2, -0.15) is 13.2 Å². The Labute approximate surface area is 212 Å². The van der Waals surface area contributed by atoms with Gasteiger partial charge in [0, 0.05) is 30.0 Å². The Kier molecular flexibility index (Phi) is 7.33. The van der Waals surface area contributed by atoms with Gasteiger partial charge in [-0.25, -0.2) is 8.42 Å². The summed E-state index contributed by atoms with van der Waals surface area (Å²) >= 11 is 5.76. The predicted octanol–water partition coefficient (Wildman–Crippen LogP) is 5.63. The molecule has 0 saturated carbocycles. The Morgan fingerprint density at radius 2 is 1.81 bits per heavy atom. The van der Waals surface area contributed by atoms with Crippen LogP contribution >= 0.6 is 11.6 Å². The van der Waals surface area contributed by atoms with Crippen molar-refractivity contribution in [1.82, 2.24) is 5.32 Å². The van der Waals surface area contributed by atoms with E-state index in [4.69, 9.17) is 16.3 Å². The second-order valence-electron chi connectivity index (χ2n) is 8.50. The van der Waals surface area contributed by atoms with Crippen LogP contribution in [0, 0.1) is 0 Å². The Hall–Kier alpha value is -3.04. The Bertz CT molecular complexity index is 1390. The quantitative estimate of drug-likeness (QED) is 0.424. The number of alkyl halides is 3. The van der Waals surface area contributed by atoms with Crippen molar-refractivity contribution in [2.75, 3.05) is 5.75 Å². The molecule has 0 radical (unpaired) electrons. The maximum atomic E-state index is 13.4. The highest BCUT2D eigenvalue weighted by Gasteiger charge is 2.35. The summed E-state index contributed by atoms with van der Waals surface area (Å²) in [5, 5.41) is 2.79. The second kappa shape index (κ2) is 10.1. The van der Waals surface area contributed by atoms with Gasteiger partial charge in [-0.1, -0.05) is 42.8 Å². The monoisotopic (exact) mass is 537 g/mol. The predicted molar refractivity (Wildman–Crippen MR) is 130 cm³/mol. The van der Waals surface area contributed by atoms with Crippen LogP contribution in [0.3, 0.4) is 0 Å². The van der Waals surface area contributed by atoms with Crippen molar-refractivity contribution in [2.45, 2.75) is 43.5 Å². The van der Waals surface area contributed by atoms with Crippen molar-refractivity contribution >= 4 is 27.3 Å². The minimum Gasteiger partial charge on any atom is -0.489 e. The Balaban J connectivity index is 1.40. The van der Waals surface area contributed by atoms with Crippen LogP contribution in [0.25, 0.3) is 0 Å². The standard InChI is InChI=1S/C26H23ClF3NO4S/c1-2-36(33,34)22-9-3-16(4-10-22)15-31-25(32)19-6-5-18-12-21(35-24(18)13-19)11-17-7-8-20(27)14-23(17)26(28,29)30/h3-10,13-14,21H,2,11-12,15H2,1H3,(H,31,32). The van der Waals surface area contributed by atoms with E-state index in [9.17, 15) is 26.4 Å². The van der Waals surface area contributed by atoms with E-state index >= 15 is 0 Å². The molecule has 190 valence electrons. The van der Waals surface area contributed by atoms with Gasteiger partial charge in [-0.05, 0) is 53.1 Å². The lowest BCUT2D eigenvalue weighted by molar-refractivity contribution is -0.138. The van der Waals surface area contributed by atoms with E-state index in [1.165, 1.54) is 24.3 Å². The van der Waals surface area contributed by atoms with Gasteiger partial charge >= 0.3 is 6.18 Å². The zero-order chi connectivity index (χ0) is 26.1. The second-order valence-corrected chi connectivity index (χ2v) is 11.2. The first-order valence-corrected chi connectivity index (χ1v) is 13.2. The van der Waals surface area contributed by atoms with Crippen LogP contribution in [0.1, 0.15) is 39.5 Å². The van der Waals surface area contributed by atoms with E-state index in [1.807, 2.05) is 0 Å². The Morgan fingerprint density at radius 1 is 1.08 bits per heavy atom. The summed E-state index contributed by atoms with van der Waals surface area (Å²) in [6.45, 7) is 1.77. The number of carbonyl (C=O) groups excluding carboxylic acids is 1. The normalized spacial score (nSPS) is 15.3. The fourth-order valence-corrected chi connectivity index (χ4v) is 5.11. The van der Waals surface area contributed by atoms with E-state index in [-0.39, 0.29) is 40.1 Å². The number of nitrogens with one attached hydrogen (secondary N) is 1. The summed E-state index contributed by atoms with van der Waals surface area (Å²) in [7, 11) is -3.29. The van der Waals surface area contributed by atoms with Crippen molar-refractivity contribution in [2.24, 2.45) is 0 Å². The maximum Gasteiger partial charge on any atom is 0.416 e. The van der Waals surface area contributed by atoms with Gasteiger partial charge in [0.1, 0.15) is 11.9 Å². The maximum absolute atomic E-state index is 13.4. The molecule has 1 N–H and O–H groups in total. The number of ether oxygens (including phenoxy) is 1. The van der Waals surface area contributed by atoms with Gasteiger partial charge in [0.25, 0.3) is 5.91 Å². The number of rotatable bonds is 7. The first-order valence-electron chi connectivity index (χ1n) is 11.2. The third-order valence-electron chi connectivity index (χ3n) is 6.01. The molecule has 1 aliphatic rings. The van der Waals surface area contributed by atoms with Crippen LogP contribution in [-0.4, -0.2) is 26.2 Å². The van der Waals surface area contributed by atoms with Gasteiger partial charge in [-0.15, -0.1) is 0 Å². The molecule has 1 unspecified atom stereocenters. The first kappa shape index (κ1) is 26.0. The molecule has 0 fully saturated rings. The molecule has 0 aliphatic carbocycles. The molecule has 0 aromatic heterocycles. The van der Waals surface area contributed by atoms with Crippen LogP contribution in [0.5, 0.6) is 5.75 Å². The lowest BCUT2D eigenvalue weighted by Gasteiger charge is -2.16. The molecule has 10 heteroatoms. The van der Waals surface area contributed by atoms with Gasteiger partial charge in [0.05, 0.1) is 16.2 Å². The number of carbonyl (C=O) groups is 1. The summed E-state index contributed by atoms with van der Waals surface area (Å²) in [5.41, 5.74) is 1.21. The smallest absolute Gasteiger partial charge is 0.416 e. The number of hydrogen-bond acceptors (Lipinski definition) is 4. The molecular weight excluding hydrogens is 515 g/mol. The first-order chi connectivity index (χ1) is 17.0. The summed E-state index contributed by atoms with van der Waals surface area (Å²) in [6.07, 6.45) is -4.56. The number of sulfone groups is 1. The molecule has 36 heavy (non-hydrogen) atoms. The highest BCUT2D eigenvalue weighted by Crippen LogP contribution is 2.37. The average molecular weight is 538 g/mol. The number of benzene rings is 3. The average Bonchev–Trinajstić information content (AvgIpc) is 3.24. The van der Waals surface area contributed by atoms with Crippen LogP contribution in [-0.2, 0) is 35.4 Å². The van der Waals surface area contributed by atoms with Crippen molar-refractivity contribution in [3.05, 3.63) is 93.5 Å². The topological polar surface area (TPSA) is 72.5 Å². The number of amides is 1. The van der Waals surface area contributed by atoms with E-state index in [0.29, 0.717) is 17.7 Å². The molecule has 0 bridgehead atoms. The summed E-state index contributed by atoms with van der Waals surface area (Å²) in [5.74, 6) is 0.115. The van der Waals surface area contributed by atoms with Crippen molar-refractivity contribution in [1.29, 1.82) is 0 Å². The zero-order valence-electron chi connectivity index (χ0n) is 19.2. The lowest BCUT2D eigenvalue weighted by atomic mass is 9.98. The zero-order valence-corrected chi connectivity index (χ0v) is 20.8. The number of fused-ring (bicyclic) bond motifs is 1. The van der Waals surface area contributed by atoms with E-state index in [0.717, 1.165) is 17.2 Å². The number of halogens is 4. The van der Waals surface area contributed by atoms with Crippen molar-refractivity contribution in [3.63, 3.8) is 0 Å². The molecule has 0 spiro atoms. The van der Waals surface area contributed by atoms with Crippen LogP contribution in [0.4, 0.5) is 13.2 Å². The third-order valence-corrected chi connectivity index (χ3v) is 8.00. The summed E-state index contributed by atoms with van der Waals surface area (Å²) in [6, 6.07) is 15.0. The molecule has 1 amide bonds. The largest absolute Gasteiger partial charge is 0.489 e. The van der Waals surface area contributed by atoms with Crippen LogP contribution in [0.15, 0.2) is 65.6 Å². The molecule has 3 aromatic rings. The fourth-order valence-electron chi connectivity index (χ4n) is 4.06. The summed E-state index contributed by atoms with van der Waals surface area (Å²) in [4.78, 5) is 12.9. The molecule has 3 aromatic carbocycles. The van der Waals surface area contributed by atoms with Crippen LogP contribution in [0.2, 0.25) is 5.02 Å². The molecule has 4 rings (SSSR count). The molecule has 0 saturated heterocycles. The van der Waals surface area contributed by atoms with Gasteiger partial charge in [-0.3, -0.25) is 4.79 Å². The molecule has 1 aliphatic heterocycles. The highest BCUT2D eigenvalue weighted by atomic mass is 35.5.